The van der Waals surface area contributed by atoms with E-state index >= 15 is 0 Å². The number of alkyl halides is 2. The molecule has 1 aromatic rings. The van der Waals surface area contributed by atoms with Crippen LogP contribution in [0, 0.1) is 0 Å². The highest BCUT2D eigenvalue weighted by Crippen LogP contribution is 2.27. The van der Waals surface area contributed by atoms with Crippen molar-refractivity contribution in [2.24, 2.45) is 5.73 Å². The molecule has 0 aliphatic heterocycles. The molecule has 0 unspecified atom stereocenters. The van der Waals surface area contributed by atoms with Crippen LogP contribution in [0.2, 0.25) is 0 Å². The van der Waals surface area contributed by atoms with Gasteiger partial charge in [0.1, 0.15) is 0 Å². The predicted molar refractivity (Wildman–Crippen MR) is 47.6 cm³/mol. The van der Waals surface area contributed by atoms with Crippen LogP contribution in [0.4, 0.5) is 8.78 Å². The first-order chi connectivity index (χ1) is 6.06. The van der Waals surface area contributed by atoms with Crippen LogP contribution in [0.5, 0.6) is 0 Å². The second kappa shape index (κ2) is 3.97. The Morgan fingerprint density at radius 3 is 2.69 bits per heavy atom. The number of aromatic nitrogens is 1. The minimum atomic E-state index is -2.65. The monoisotopic (exact) mass is 252 g/mol. The standard InChI is InChI=1S/C7H7BrF2N2O/c8-3-1-5(13)12-4(2-11)6(3)7(9)10/h1,7H,2,11H2,(H,12,13). The fourth-order valence-corrected chi connectivity index (χ4v) is 1.61. The Bertz CT molecular complexity index is 364. The molecule has 0 aliphatic rings. The van der Waals surface area contributed by atoms with E-state index in [0.717, 1.165) is 6.07 Å². The van der Waals surface area contributed by atoms with E-state index in [2.05, 4.69) is 20.9 Å². The van der Waals surface area contributed by atoms with E-state index in [-0.39, 0.29) is 22.3 Å². The lowest BCUT2D eigenvalue weighted by molar-refractivity contribution is 0.148. The smallest absolute Gasteiger partial charge is 0.266 e. The number of rotatable bonds is 2. The highest BCUT2D eigenvalue weighted by Gasteiger charge is 2.16. The number of H-pyrrole nitrogens is 1. The SMILES string of the molecule is NCc1[nH]c(=O)cc(Br)c1C(F)F. The number of nitrogens with two attached hydrogens (primary N) is 1. The normalized spacial score (nSPS) is 10.8. The Balaban J connectivity index is 3.38. The van der Waals surface area contributed by atoms with Gasteiger partial charge in [0.2, 0.25) is 5.56 Å². The summed E-state index contributed by atoms with van der Waals surface area (Å²) >= 11 is 2.88. The molecule has 0 aromatic carbocycles. The van der Waals surface area contributed by atoms with E-state index in [1.807, 2.05) is 0 Å². The van der Waals surface area contributed by atoms with Crippen molar-refractivity contribution in [2.75, 3.05) is 0 Å². The average molecular weight is 253 g/mol. The Kier molecular flexibility index (Phi) is 3.16. The molecule has 72 valence electrons. The molecule has 3 nitrogen and oxygen atoms in total. The zero-order valence-electron chi connectivity index (χ0n) is 6.48. The lowest BCUT2D eigenvalue weighted by Crippen LogP contribution is -2.14. The van der Waals surface area contributed by atoms with Crippen LogP contribution in [-0.4, -0.2) is 4.98 Å². The summed E-state index contributed by atoms with van der Waals surface area (Å²) in [4.78, 5) is 13.1. The zero-order chi connectivity index (χ0) is 10.0. The van der Waals surface area contributed by atoms with Gasteiger partial charge in [-0.2, -0.15) is 0 Å². The van der Waals surface area contributed by atoms with Gasteiger partial charge in [-0.05, 0) is 0 Å². The molecule has 0 amide bonds. The number of hydrogen-bond acceptors (Lipinski definition) is 2. The molecule has 0 spiro atoms. The molecule has 1 aromatic heterocycles. The van der Waals surface area contributed by atoms with Gasteiger partial charge in [-0.1, -0.05) is 15.9 Å². The van der Waals surface area contributed by atoms with Gasteiger partial charge in [-0.3, -0.25) is 4.79 Å². The number of halogens is 3. The summed E-state index contributed by atoms with van der Waals surface area (Å²) in [7, 11) is 0. The fourth-order valence-electron chi connectivity index (χ4n) is 0.986. The summed E-state index contributed by atoms with van der Waals surface area (Å²) < 4.78 is 24.9. The van der Waals surface area contributed by atoms with Gasteiger partial charge in [-0.15, -0.1) is 0 Å². The highest BCUT2D eigenvalue weighted by molar-refractivity contribution is 9.10. The van der Waals surface area contributed by atoms with Crippen molar-refractivity contribution in [1.29, 1.82) is 0 Å². The summed E-state index contributed by atoms with van der Waals surface area (Å²) in [6.07, 6.45) is -2.65. The maximum atomic E-state index is 12.4. The van der Waals surface area contributed by atoms with Gasteiger partial charge < -0.3 is 10.7 Å². The van der Waals surface area contributed by atoms with Gasteiger partial charge in [0.05, 0.1) is 5.56 Å². The second-order valence-corrected chi connectivity index (χ2v) is 3.23. The number of nitrogens with one attached hydrogen (secondary N) is 1. The minimum Gasteiger partial charge on any atom is -0.325 e. The molecular formula is C7H7BrF2N2O. The molecule has 0 saturated heterocycles. The van der Waals surface area contributed by atoms with Crippen molar-refractivity contribution in [3.8, 4) is 0 Å². The predicted octanol–water partition coefficient (Wildman–Crippen LogP) is 1.53. The molecule has 0 saturated carbocycles. The van der Waals surface area contributed by atoms with Crippen molar-refractivity contribution < 1.29 is 8.78 Å². The fraction of sp³-hybridized carbons (Fsp3) is 0.286. The maximum absolute atomic E-state index is 12.4. The summed E-state index contributed by atoms with van der Waals surface area (Å²) in [6.45, 7) is -0.117. The van der Waals surface area contributed by atoms with Crippen molar-refractivity contribution in [1.82, 2.24) is 4.98 Å². The third-order valence-corrected chi connectivity index (χ3v) is 2.19. The van der Waals surface area contributed by atoms with E-state index in [1.54, 1.807) is 0 Å². The molecule has 0 radical (unpaired) electrons. The number of pyridine rings is 1. The molecule has 6 heteroatoms. The first-order valence-corrected chi connectivity index (χ1v) is 4.25. The van der Waals surface area contributed by atoms with Crippen LogP contribution in [0.25, 0.3) is 0 Å². The van der Waals surface area contributed by atoms with Crippen molar-refractivity contribution in [3.05, 3.63) is 32.2 Å². The molecule has 0 aliphatic carbocycles. The van der Waals surface area contributed by atoms with Gasteiger partial charge in [0.15, 0.2) is 0 Å². The molecule has 0 atom stereocenters. The van der Waals surface area contributed by atoms with Crippen LogP contribution in [-0.2, 0) is 6.54 Å². The number of hydrogen-bond donors (Lipinski definition) is 2. The summed E-state index contributed by atoms with van der Waals surface area (Å²) in [5, 5.41) is 0. The molecule has 1 heterocycles. The van der Waals surface area contributed by atoms with Crippen LogP contribution in [0.3, 0.4) is 0 Å². The Morgan fingerprint density at radius 1 is 1.62 bits per heavy atom. The number of aromatic amines is 1. The lowest BCUT2D eigenvalue weighted by atomic mass is 10.2. The van der Waals surface area contributed by atoms with Gasteiger partial charge >= 0.3 is 0 Å². The Labute approximate surface area is 81.1 Å². The van der Waals surface area contributed by atoms with E-state index < -0.39 is 12.0 Å². The quantitative estimate of drug-likeness (QED) is 0.839. The summed E-state index contributed by atoms with van der Waals surface area (Å²) in [6, 6.07) is 1.06. The topological polar surface area (TPSA) is 58.9 Å². The first kappa shape index (κ1) is 10.3. The summed E-state index contributed by atoms with van der Waals surface area (Å²) in [5.41, 5.74) is 4.57. The van der Waals surface area contributed by atoms with Crippen molar-refractivity contribution in [3.63, 3.8) is 0 Å². The molecule has 1 rings (SSSR count). The third kappa shape index (κ3) is 2.13. The van der Waals surface area contributed by atoms with E-state index in [9.17, 15) is 13.6 Å². The highest BCUT2D eigenvalue weighted by atomic mass is 79.9. The van der Waals surface area contributed by atoms with Crippen molar-refractivity contribution >= 4 is 15.9 Å². The maximum Gasteiger partial charge on any atom is 0.266 e. The minimum absolute atomic E-state index is 0.0642. The molecule has 13 heavy (non-hydrogen) atoms. The van der Waals surface area contributed by atoms with E-state index in [4.69, 9.17) is 5.73 Å². The third-order valence-electron chi connectivity index (χ3n) is 1.54. The second-order valence-electron chi connectivity index (χ2n) is 2.38. The van der Waals surface area contributed by atoms with E-state index in [0.29, 0.717) is 0 Å². The van der Waals surface area contributed by atoms with Gasteiger partial charge in [0, 0.05) is 22.8 Å². The molecule has 3 N–H and O–H groups in total. The average Bonchev–Trinajstić information content (AvgIpc) is 2.01. The Hall–Kier alpha value is -0.750. The summed E-state index contributed by atoms with van der Waals surface area (Å²) in [5.74, 6) is 0. The van der Waals surface area contributed by atoms with E-state index in [1.165, 1.54) is 0 Å². The van der Waals surface area contributed by atoms with Crippen LogP contribution in [0.15, 0.2) is 15.3 Å². The van der Waals surface area contributed by atoms with Crippen LogP contribution >= 0.6 is 15.9 Å². The molecule has 0 fully saturated rings. The van der Waals surface area contributed by atoms with Gasteiger partial charge in [0.25, 0.3) is 6.43 Å². The Morgan fingerprint density at radius 2 is 2.23 bits per heavy atom. The van der Waals surface area contributed by atoms with Gasteiger partial charge in [-0.25, -0.2) is 8.78 Å². The van der Waals surface area contributed by atoms with Crippen LogP contribution < -0.4 is 11.3 Å². The molecule has 0 bridgehead atoms. The first-order valence-electron chi connectivity index (χ1n) is 3.46. The largest absolute Gasteiger partial charge is 0.325 e. The lowest BCUT2D eigenvalue weighted by Gasteiger charge is -2.07. The van der Waals surface area contributed by atoms with Crippen LogP contribution in [0.1, 0.15) is 17.7 Å². The van der Waals surface area contributed by atoms with Crippen molar-refractivity contribution in [2.45, 2.75) is 13.0 Å². The molecular weight excluding hydrogens is 246 g/mol. The zero-order valence-corrected chi connectivity index (χ0v) is 8.07.